The highest BCUT2D eigenvalue weighted by molar-refractivity contribution is 5.84. The zero-order chi connectivity index (χ0) is 13.0. The zero-order valence-electron chi connectivity index (χ0n) is 10.1. The van der Waals surface area contributed by atoms with Crippen LogP contribution >= 0.6 is 0 Å². The van der Waals surface area contributed by atoms with E-state index in [-0.39, 0.29) is 5.91 Å². The van der Waals surface area contributed by atoms with Gasteiger partial charge in [-0.05, 0) is 30.9 Å². The van der Waals surface area contributed by atoms with Gasteiger partial charge in [0.25, 0.3) is 0 Å². The number of amides is 1. The average molecular weight is 248 g/mol. The Hall–Kier alpha value is -1.91. The highest BCUT2D eigenvalue weighted by Crippen LogP contribution is 2.19. The summed E-state index contributed by atoms with van der Waals surface area (Å²) in [6.45, 7) is 0.558. The lowest BCUT2D eigenvalue weighted by atomic mass is 10.1. The molecule has 2 rings (SSSR count). The number of aromatic nitrogens is 1. The van der Waals surface area contributed by atoms with Crippen molar-refractivity contribution in [2.45, 2.75) is 31.7 Å². The third-order valence-electron chi connectivity index (χ3n) is 3.21. The number of pyridine rings is 1. The Morgan fingerprint density at radius 2 is 2.33 bits per heavy atom. The predicted octanol–water partition coefficient (Wildman–Crippen LogP) is 1.09. The molecule has 0 bridgehead atoms. The van der Waals surface area contributed by atoms with Crippen molar-refractivity contribution in [2.75, 3.05) is 6.54 Å². The summed E-state index contributed by atoms with van der Waals surface area (Å²) in [4.78, 5) is 28.4. The number of carboxylic acids is 1. The van der Waals surface area contributed by atoms with Gasteiger partial charge in [0.15, 0.2) is 0 Å². The van der Waals surface area contributed by atoms with Crippen LogP contribution in [0.25, 0.3) is 0 Å². The Labute approximate surface area is 105 Å². The van der Waals surface area contributed by atoms with Gasteiger partial charge in [0.1, 0.15) is 6.04 Å². The van der Waals surface area contributed by atoms with Crippen LogP contribution in [-0.2, 0) is 16.0 Å². The lowest BCUT2D eigenvalue weighted by Gasteiger charge is -2.21. The molecule has 1 atom stereocenters. The second-order valence-corrected chi connectivity index (χ2v) is 4.44. The van der Waals surface area contributed by atoms with Crippen LogP contribution in [0.4, 0.5) is 0 Å². The maximum Gasteiger partial charge on any atom is 0.326 e. The number of rotatable bonds is 4. The fourth-order valence-electron chi connectivity index (χ4n) is 2.26. The molecule has 1 aliphatic rings. The van der Waals surface area contributed by atoms with Crippen LogP contribution in [0.5, 0.6) is 0 Å². The Morgan fingerprint density at radius 1 is 1.50 bits per heavy atom. The summed E-state index contributed by atoms with van der Waals surface area (Å²) in [6, 6.07) is 3.11. The molecule has 1 fully saturated rings. The van der Waals surface area contributed by atoms with Crippen LogP contribution in [0.1, 0.15) is 24.8 Å². The van der Waals surface area contributed by atoms with Gasteiger partial charge in [-0.3, -0.25) is 9.78 Å². The summed E-state index contributed by atoms with van der Waals surface area (Å²) >= 11 is 0. The zero-order valence-corrected chi connectivity index (χ0v) is 10.1. The van der Waals surface area contributed by atoms with E-state index >= 15 is 0 Å². The summed E-state index contributed by atoms with van der Waals surface area (Å²) in [6.07, 6.45) is 5.70. The van der Waals surface area contributed by atoms with E-state index in [2.05, 4.69) is 4.98 Å². The number of aliphatic carboxylic acids is 1. The minimum atomic E-state index is -0.901. The Balaban J connectivity index is 1.90. The first-order chi connectivity index (χ1) is 8.68. The highest BCUT2D eigenvalue weighted by atomic mass is 16.4. The lowest BCUT2D eigenvalue weighted by molar-refractivity contribution is -0.148. The molecule has 18 heavy (non-hydrogen) atoms. The van der Waals surface area contributed by atoms with Gasteiger partial charge in [0.05, 0.1) is 0 Å². The van der Waals surface area contributed by atoms with Crippen LogP contribution in [-0.4, -0.2) is 39.5 Å². The maximum absolute atomic E-state index is 12.0. The van der Waals surface area contributed by atoms with Gasteiger partial charge < -0.3 is 10.0 Å². The molecular weight excluding hydrogens is 232 g/mol. The maximum atomic E-state index is 12.0. The number of carbonyl (C=O) groups is 2. The van der Waals surface area contributed by atoms with Gasteiger partial charge in [-0.1, -0.05) is 6.07 Å². The first-order valence-electron chi connectivity index (χ1n) is 6.09. The SMILES string of the molecule is O=C(O)C1CCCN1C(=O)CCc1cccnc1. The third-order valence-corrected chi connectivity index (χ3v) is 3.21. The fourth-order valence-corrected chi connectivity index (χ4v) is 2.26. The first kappa shape index (κ1) is 12.5. The Kier molecular flexibility index (Phi) is 3.92. The third kappa shape index (κ3) is 2.85. The molecule has 1 aliphatic heterocycles. The van der Waals surface area contributed by atoms with E-state index < -0.39 is 12.0 Å². The number of aryl methyl sites for hydroxylation is 1. The highest BCUT2D eigenvalue weighted by Gasteiger charge is 2.33. The van der Waals surface area contributed by atoms with Crippen LogP contribution in [0.3, 0.4) is 0 Å². The number of likely N-dealkylation sites (tertiary alicyclic amines) is 1. The van der Waals surface area contributed by atoms with E-state index in [1.165, 1.54) is 4.90 Å². The van der Waals surface area contributed by atoms with Gasteiger partial charge in [0, 0.05) is 25.4 Å². The number of carbonyl (C=O) groups excluding carboxylic acids is 1. The first-order valence-corrected chi connectivity index (χ1v) is 6.09. The molecule has 1 amide bonds. The smallest absolute Gasteiger partial charge is 0.326 e. The molecule has 1 aromatic rings. The minimum absolute atomic E-state index is 0.0799. The molecule has 1 saturated heterocycles. The van der Waals surface area contributed by atoms with E-state index in [0.29, 0.717) is 25.8 Å². The standard InChI is InChI=1S/C13H16N2O3/c16-12(6-5-10-3-1-7-14-9-10)15-8-2-4-11(15)13(17)18/h1,3,7,9,11H,2,4-6,8H2,(H,17,18). The molecule has 1 N–H and O–H groups in total. The van der Waals surface area contributed by atoms with E-state index in [1.807, 2.05) is 12.1 Å². The quantitative estimate of drug-likeness (QED) is 0.865. The minimum Gasteiger partial charge on any atom is -0.480 e. The molecule has 96 valence electrons. The number of carboxylic acid groups (broad SMARTS) is 1. The van der Waals surface area contributed by atoms with Gasteiger partial charge in [-0.25, -0.2) is 4.79 Å². The van der Waals surface area contributed by atoms with Crippen molar-refractivity contribution < 1.29 is 14.7 Å². The summed E-state index contributed by atoms with van der Waals surface area (Å²) in [5.74, 6) is -0.981. The van der Waals surface area contributed by atoms with Crippen molar-refractivity contribution >= 4 is 11.9 Å². The number of hydrogen-bond donors (Lipinski definition) is 1. The van der Waals surface area contributed by atoms with Crippen LogP contribution in [0.2, 0.25) is 0 Å². The number of nitrogens with zero attached hydrogens (tertiary/aromatic N) is 2. The van der Waals surface area contributed by atoms with Crippen molar-refractivity contribution in [1.29, 1.82) is 0 Å². The average Bonchev–Trinajstić information content (AvgIpc) is 2.86. The second kappa shape index (κ2) is 5.62. The van der Waals surface area contributed by atoms with Crippen LogP contribution in [0.15, 0.2) is 24.5 Å². The van der Waals surface area contributed by atoms with E-state index in [9.17, 15) is 9.59 Å². The molecule has 0 saturated carbocycles. The largest absolute Gasteiger partial charge is 0.480 e. The van der Waals surface area contributed by atoms with E-state index in [1.54, 1.807) is 12.4 Å². The Bertz CT molecular complexity index is 433. The normalized spacial score (nSPS) is 18.9. The van der Waals surface area contributed by atoms with Crippen molar-refractivity contribution in [3.05, 3.63) is 30.1 Å². The molecule has 5 nitrogen and oxygen atoms in total. The van der Waals surface area contributed by atoms with E-state index in [0.717, 1.165) is 12.0 Å². The summed E-state index contributed by atoms with van der Waals surface area (Å²) < 4.78 is 0. The lowest BCUT2D eigenvalue weighted by Crippen LogP contribution is -2.40. The van der Waals surface area contributed by atoms with Crippen LogP contribution < -0.4 is 0 Å². The molecule has 2 heterocycles. The summed E-state index contributed by atoms with van der Waals surface area (Å²) in [5.41, 5.74) is 0.997. The molecule has 0 radical (unpaired) electrons. The summed E-state index contributed by atoms with van der Waals surface area (Å²) in [7, 11) is 0. The topological polar surface area (TPSA) is 70.5 Å². The molecule has 1 aromatic heterocycles. The summed E-state index contributed by atoms with van der Waals surface area (Å²) in [5, 5.41) is 9.01. The van der Waals surface area contributed by atoms with Crippen molar-refractivity contribution in [1.82, 2.24) is 9.88 Å². The van der Waals surface area contributed by atoms with Gasteiger partial charge in [-0.15, -0.1) is 0 Å². The molecule has 5 heteroatoms. The molecule has 1 unspecified atom stereocenters. The monoisotopic (exact) mass is 248 g/mol. The van der Waals surface area contributed by atoms with Crippen LogP contribution in [0, 0.1) is 0 Å². The Morgan fingerprint density at radius 3 is 3.00 bits per heavy atom. The van der Waals surface area contributed by atoms with Crippen molar-refractivity contribution in [3.8, 4) is 0 Å². The molecule has 0 aromatic carbocycles. The van der Waals surface area contributed by atoms with Gasteiger partial charge >= 0.3 is 5.97 Å². The van der Waals surface area contributed by atoms with Crippen molar-refractivity contribution in [3.63, 3.8) is 0 Å². The predicted molar refractivity (Wildman–Crippen MR) is 64.9 cm³/mol. The molecule has 0 spiro atoms. The second-order valence-electron chi connectivity index (χ2n) is 4.44. The van der Waals surface area contributed by atoms with E-state index in [4.69, 9.17) is 5.11 Å². The van der Waals surface area contributed by atoms with Gasteiger partial charge in [0.2, 0.25) is 5.91 Å². The van der Waals surface area contributed by atoms with Crippen molar-refractivity contribution in [2.24, 2.45) is 0 Å². The fraction of sp³-hybridized carbons (Fsp3) is 0.462. The number of hydrogen-bond acceptors (Lipinski definition) is 3. The van der Waals surface area contributed by atoms with Gasteiger partial charge in [-0.2, -0.15) is 0 Å². The molecular formula is C13H16N2O3. The molecule has 0 aliphatic carbocycles.